The molecule has 0 saturated carbocycles. The summed E-state index contributed by atoms with van der Waals surface area (Å²) in [7, 11) is 0. The lowest BCUT2D eigenvalue weighted by Crippen LogP contribution is -2.10. The summed E-state index contributed by atoms with van der Waals surface area (Å²) in [5, 5.41) is 2.46. The highest BCUT2D eigenvalue weighted by atomic mass is 32.2. The molecular weight excluding hydrogens is 268 g/mol. The maximum Gasteiger partial charge on any atom is 0.159 e. The van der Waals surface area contributed by atoms with E-state index in [-0.39, 0.29) is 0 Å². The molecule has 1 saturated heterocycles. The number of fused-ring (bicyclic) bond motifs is 3. The third-order valence-electron chi connectivity index (χ3n) is 4.17. The first-order valence-electron chi connectivity index (χ1n) is 6.86. The minimum Gasteiger partial charge on any atom is -0.360 e. The molecule has 5 heteroatoms. The van der Waals surface area contributed by atoms with E-state index in [1.807, 2.05) is 30.5 Å². The van der Waals surface area contributed by atoms with E-state index >= 15 is 0 Å². The summed E-state index contributed by atoms with van der Waals surface area (Å²) < 4.78 is 2.44. The van der Waals surface area contributed by atoms with Crippen molar-refractivity contribution in [2.75, 3.05) is 19.3 Å². The normalized spacial score (nSPS) is 20.1. The van der Waals surface area contributed by atoms with Crippen LogP contribution >= 0.6 is 11.9 Å². The number of aromatic nitrogens is 3. The van der Waals surface area contributed by atoms with Crippen molar-refractivity contribution in [1.29, 1.82) is 0 Å². The van der Waals surface area contributed by atoms with E-state index in [4.69, 9.17) is 0 Å². The quantitative estimate of drug-likeness (QED) is 0.734. The van der Waals surface area contributed by atoms with E-state index in [0.717, 1.165) is 23.1 Å². The minimum atomic E-state index is 0.597. The first kappa shape index (κ1) is 12.2. The molecular formula is C15H16N4S. The molecule has 20 heavy (non-hydrogen) atoms. The fourth-order valence-electron chi connectivity index (χ4n) is 3.17. The first-order chi connectivity index (χ1) is 9.86. The fourth-order valence-corrected chi connectivity index (χ4v) is 3.79. The highest BCUT2D eigenvalue weighted by molar-refractivity contribution is 7.96. The molecule has 1 aliphatic rings. The first-order valence-corrected chi connectivity index (χ1v) is 8.05. The molecule has 1 unspecified atom stereocenters. The summed E-state index contributed by atoms with van der Waals surface area (Å²) in [4.78, 5) is 12.1. The van der Waals surface area contributed by atoms with Crippen LogP contribution in [0.5, 0.6) is 0 Å². The Morgan fingerprint density at radius 1 is 1.35 bits per heavy atom. The zero-order chi connectivity index (χ0) is 13.5. The van der Waals surface area contributed by atoms with E-state index in [1.54, 1.807) is 0 Å². The zero-order valence-electron chi connectivity index (χ0n) is 11.3. The van der Waals surface area contributed by atoms with Crippen molar-refractivity contribution in [2.45, 2.75) is 12.3 Å². The number of aromatic amines is 1. The predicted octanol–water partition coefficient (Wildman–Crippen LogP) is 3.18. The third-order valence-corrected chi connectivity index (χ3v) is 5.02. The van der Waals surface area contributed by atoms with Crippen molar-refractivity contribution >= 4 is 33.9 Å². The SMILES string of the molecule is CSN1CCC(c2cc[nH]c3cnc4nccc4c23)C1. The van der Waals surface area contributed by atoms with Crippen LogP contribution < -0.4 is 0 Å². The van der Waals surface area contributed by atoms with Crippen molar-refractivity contribution in [3.05, 3.63) is 36.3 Å². The van der Waals surface area contributed by atoms with E-state index in [0.29, 0.717) is 5.92 Å². The highest BCUT2D eigenvalue weighted by Crippen LogP contribution is 2.35. The lowest BCUT2D eigenvalue weighted by Gasteiger charge is -2.15. The molecule has 0 amide bonds. The number of nitrogens with zero attached hydrogens (tertiary/aromatic N) is 3. The van der Waals surface area contributed by atoms with Gasteiger partial charge < -0.3 is 4.98 Å². The van der Waals surface area contributed by atoms with Gasteiger partial charge in [-0.1, -0.05) is 11.9 Å². The van der Waals surface area contributed by atoms with Gasteiger partial charge in [-0.05, 0) is 36.3 Å². The molecule has 0 spiro atoms. The van der Waals surface area contributed by atoms with Crippen molar-refractivity contribution < 1.29 is 0 Å². The van der Waals surface area contributed by atoms with Gasteiger partial charge in [-0.3, -0.25) is 4.31 Å². The molecule has 1 atom stereocenters. The van der Waals surface area contributed by atoms with E-state index < -0.39 is 0 Å². The molecule has 0 aliphatic carbocycles. The van der Waals surface area contributed by atoms with E-state index in [9.17, 15) is 0 Å². The second-order valence-corrected chi connectivity index (χ2v) is 6.10. The lowest BCUT2D eigenvalue weighted by molar-refractivity contribution is 0.577. The monoisotopic (exact) mass is 284 g/mol. The van der Waals surface area contributed by atoms with Crippen LogP contribution in [0.2, 0.25) is 0 Å². The Balaban J connectivity index is 1.92. The summed E-state index contributed by atoms with van der Waals surface area (Å²) >= 11 is 1.84. The fraction of sp³-hybridized carbons (Fsp3) is 0.333. The van der Waals surface area contributed by atoms with Crippen LogP contribution in [0.25, 0.3) is 21.9 Å². The molecule has 0 aromatic carbocycles. The second-order valence-electron chi connectivity index (χ2n) is 5.22. The molecule has 0 radical (unpaired) electrons. The molecule has 4 rings (SSSR count). The lowest BCUT2D eigenvalue weighted by atomic mass is 9.94. The van der Waals surface area contributed by atoms with Crippen LogP contribution in [0.3, 0.4) is 0 Å². The van der Waals surface area contributed by atoms with Gasteiger partial charge >= 0.3 is 0 Å². The smallest absolute Gasteiger partial charge is 0.159 e. The average Bonchev–Trinajstić information content (AvgIpc) is 3.15. The number of pyridine rings is 2. The van der Waals surface area contributed by atoms with Crippen LogP contribution in [0.15, 0.2) is 30.7 Å². The van der Waals surface area contributed by atoms with Gasteiger partial charge in [-0.25, -0.2) is 9.97 Å². The molecule has 3 aromatic rings. The van der Waals surface area contributed by atoms with Crippen LogP contribution in [0.4, 0.5) is 0 Å². The van der Waals surface area contributed by atoms with Crippen molar-refractivity contribution in [3.8, 4) is 0 Å². The number of rotatable bonds is 2. The Hall–Kier alpha value is -1.59. The van der Waals surface area contributed by atoms with Crippen LogP contribution in [0.1, 0.15) is 17.9 Å². The van der Waals surface area contributed by atoms with Gasteiger partial charge in [0.25, 0.3) is 0 Å². The van der Waals surface area contributed by atoms with Crippen LogP contribution in [-0.2, 0) is 0 Å². The van der Waals surface area contributed by atoms with Gasteiger partial charge in [0.05, 0.1) is 11.7 Å². The van der Waals surface area contributed by atoms with Crippen molar-refractivity contribution in [3.63, 3.8) is 0 Å². The highest BCUT2D eigenvalue weighted by Gasteiger charge is 2.25. The Kier molecular flexibility index (Phi) is 2.89. The molecule has 1 aliphatic heterocycles. The molecule has 4 heterocycles. The Labute approximate surface area is 121 Å². The maximum absolute atomic E-state index is 4.41. The number of hydrogen-bond donors (Lipinski definition) is 1. The molecule has 4 nitrogen and oxygen atoms in total. The van der Waals surface area contributed by atoms with Gasteiger partial charge in [0.1, 0.15) is 0 Å². The van der Waals surface area contributed by atoms with Crippen LogP contribution in [-0.4, -0.2) is 38.6 Å². The van der Waals surface area contributed by atoms with Gasteiger partial charge in [-0.15, -0.1) is 0 Å². The van der Waals surface area contributed by atoms with Crippen molar-refractivity contribution in [1.82, 2.24) is 19.3 Å². The standard InChI is InChI=1S/C15H16N4S/c1-20-19-7-4-10(9-19)11-2-5-16-13-8-18-15-12(14(11)13)3-6-17-15/h2-3,5-6,8,10,16H,4,7,9H2,1H3. The molecule has 0 bridgehead atoms. The Bertz CT molecular complexity index is 767. The van der Waals surface area contributed by atoms with Gasteiger partial charge in [0, 0.05) is 36.3 Å². The predicted molar refractivity (Wildman–Crippen MR) is 83.8 cm³/mol. The van der Waals surface area contributed by atoms with Gasteiger partial charge in [0.15, 0.2) is 5.65 Å². The molecule has 102 valence electrons. The topological polar surface area (TPSA) is 44.8 Å². The van der Waals surface area contributed by atoms with Gasteiger partial charge in [-0.2, -0.15) is 0 Å². The average molecular weight is 284 g/mol. The number of H-pyrrole nitrogens is 1. The Morgan fingerprint density at radius 2 is 2.30 bits per heavy atom. The van der Waals surface area contributed by atoms with Crippen molar-refractivity contribution in [2.24, 2.45) is 0 Å². The summed E-state index contributed by atoms with van der Waals surface area (Å²) in [6, 6.07) is 4.30. The zero-order valence-corrected chi connectivity index (χ0v) is 12.2. The molecule has 1 fully saturated rings. The van der Waals surface area contributed by atoms with E-state index in [2.05, 4.69) is 37.6 Å². The summed E-state index contributed by atoms with van der Waals surface area (Å²) in [5.74, 6) is 0.597. The maximum atomic E-state index is 4.41. The summed E-state index contributed by atoms with van der Waals surface area (Å²) in [6.45, 7) is 2.29. The largest absolute Gasteiger partial charge is 0.360 e. The van der Waals surface area contributed by atoms with Crippen LogP contribution in [0, 0.1) is 0 Å². The second kappa shape index (κ2) is 4.75. The number of hydrogen-bond acceptors (Lipinski definition) is 4. The number of nitrogens with one attached hydrogen (secondary N) is 1. The van der Waals surface area contributed by atoms with Gasteiger partial charge in [0.2, 0.25) is 0 Å². The third kappa shape index (κ3) is 1.81. The molecule has 3 aromatic heterocycles. The minimum absolute atomic E-state index is 0.597. The van der Waals surface area contributed by atoms with E-state index in [1.165, 1.54) is 23.9 Å². The molecule has 1 N–H and O–H groups in total. The summed E-state index contributed by atoms with van der Waals surface area (Å²) in [5.41, 5.74) is 3.37. The summed E-state index contributed by atoms with van der Waals surface area (Å²) in [6.07, 6.45) is 9.15. The Morgan fingerprint density at radius 3 is 3.15 bits per heavy atom.